The molecule has 6 nitrogen and oxygen atoms in total. The van der Waals surface area contributed by atoms with Gasteiger partial charge in [-0.15, -0.1) is 0 Å². The van der Waals surface area contributed by atoms with Crippen molar-refractivity contribution in [3.8, 4) is 0 Å². The number of hydrogen-bond acceptors (Lipinski definition) is 3. The number of hydrogen-bond donors (Lipinski definition) is 1. The number of benzene rings is 2. The highest BCUT2D eigenvalue weighted by Gasteiger charge is 2.34. The molecule has 1 fully saturated rings. The smallest absolute Gasteiger partial charge is 0.282 e. The van der Waals surface area contributed by atoms with Crippen LogP contribution in [0.4, 0.5) is 14.5 Å². The summed E-state index contributed by atoms with van der Waals surface area (Å²) in [5.41, 5.74) is 1.24. The van der Waals surface area contributed by atoms with Gasteiger partial charge in [0, 0.05) is 25.3 Å². The zero-order valence-corrected chi connectivity index (χ0v) is 16.2. The lowest BCUT2D eigenvalue weighted by Gasteiger charge is -2.34. The highest BCUT2D eigenvalue weighted by atomic mass is 32.2. The monoisotopic (exact) mass is 409 g/mol. The molecule has 1 saturated heterocycles. The molecule has 9 heteroatoms. The molecule has 0 atom stereocenters. The fourth-order valence-electron chi connectivity index (χ4n) is 3.01. The Labute approximate surface area is 162 Å². The summed E-state index contributed by atoms with van der Waals surface area (Å²) in [6, 6.07) is 10.0. The van der Waals surface area contributed by atoms with Crippen LogP contribution in [0.2, 0.25) is 0 Å². The molecule has 0 aliphatic carbocycles. The molecule has 2 aromatic carbocycles. The van der Waals surface area contributed by atoms with Crippen molar-refractivity contribution < 1.29 is 22.0 Å². The molecule has 1 heterocycles. The highest BCUT2D eigenvalue weighted by molar-refractivity contribution is 7.86. The summed E-state index contributed by atoms with van der Waals surface area (Å²) in [6.45, 7) is 1.76. The molecule has 0 saturated carbocycles. The van der Waals surface area contributed by atoms with E-state index in [9.17, 15) is 22.0 Å². The third-order valence-electron chi connectivity index (χ3n) is 4.49. The molecule has 28 heavy (non-hydrogen) atoms. The SMILES string of the molecule is Cc1ccc(NC(=O)CN2CCCN(Cc3cccc(F)c3)S2(=O)=O)cc1F. The Hall–Kier alpha value is -2.36. The van der Waals surface area contributed by atoms with Gasteiger partial charge in [0.2, 0.25) is 5.91 Å². The van der Waals surface area contributed by atoms with E-state index in [0.29, 0.717) is 24.1 Å². The van der Waals surface area contributed by atoms with Gasteiger partial charge in [0.15, 0.2) is 0 Å². The molecule has 1 amide bonds. The largest absolute Gasteiger partial charge is 0.325 e. The van der Waals surface area contributed by atoms with Crippen molar-refractivity contribution in [1.82, 2.24) is 8.61 Å². The molecular formula is C19H21F2N3O3S. The van der Waals surface area contributed by atoms with Crippen molar-refractivity contribution in [2.24, 2.45) is 0 Å². The summed E-state index contributed by atoms with van der Waals surface area (Å²) in [5, 5.41) is 2.51. The molecule has 150 valence electrons. The lowest BCUT2D eigenvalue weighted by atomic mass is 10.2. The zero-order valence-electron chi connectivity index (χ0n) is 15.4. The van der Waals surface area contributed by atoms with Crippen molar-refractivity contribution in [3.05, 3.63) is 65.2 Å². The second kappa shape index (κ2) is 8.34. The minimum Gasteiger partial charge on any atom is -0.325 e. The number of carbonyl (C=O) groups is 1. The third kappa shape index (κ3) is 4.73. The lowest BCUT2D eigenvalue weighted by molar-refractivity contribution is -0.116. The lowest BCUT2D eigenvalue weighted by Crippen LogP contribution is -2.51. The van der Waals surface area contributed by atoms with Gasteiger partial charge >= 0.3 is 0 Å². The van der Waals surface area contributed by atoms with Crippen LogP contribution in [0.1, 0.15) is 17.5 Å². The first kappa shape index (κ1) is 20.4. The van der Waals surface area contributed by atoms with E-state index in [0.717, 1.165) is 4.31 Å². The fourth-order valence-corrected chi connectivity index (χ4v) is 4.65. The zero-order chi connectivity index (χ0) is 20.3. The van der Waals surface area contributed by atoms with Crippen LogP contribution in [0.15, 0.2) is 42.5 Å². The number of nitrogens with one attached hydrogen (secondary N) is 1. The summed E-state index contributed by atoms with van der Waals surface area (Å²) in [7, 11) is -3.87. The molecule has 1 aliphatic rings. The number of halogens is 2. The Morgan fingerprint density at radius 1 is 1.11 bits per heavy atom. The molecule has 1 N–H and O–H groups in total. The first-order valence-electron chi connectivity index (χ1n) is 8.81. The van der Waals surface area contributed by atoms with Crippen molar-refractivity contribution in [1.29, 1.82) is 0 Å². The van der Waals surface area contributed by atoms with Crippen LogP contribution in [-0.4, -0.2) is 42.6 Å². The number of amides is 1. The Morgan fingerprint density at radius 2 is 1.86 bits per heavy atom. The molecule has 2 aromatic rings. The molecule has 0 unspecified atom stereocenters. The van der Waals surface area contributed by atoms with E-state index in [1.165, 1.54) is 34.6 Å². The Balaban J connectivity index is 1.67. The van der Waals surface area contributed by atoms with E-state index in [1.54, 1.807) is 19.1 Å². The van der Waals surface area contributed by atoms with Crippen molar-refractivity contribution in [2.45, 2.75) is 19.9 Å². The Morgan fingerprint density at radius 3 is 2.57 bits per heavy atom. The summed E-state index contributed by atoms with van der Waals surface area (Å²) in [4.78, 5) is 12.3. The summed E-state index contributed by atoms with van der Waals surface area (Å²) < 4.78 is 54.9. The molecule has 1 aliphatic heterocycles. The van der Waals surface area contributed by atoms with Gasteiger partial charge < -0.3 is 5.32 Å². The van der Waals surface area contributed by atoms with Gasteiger partial charge in [0.25, 0.3) is 10.2 Å². The Kier molecular flexibility index (Phi) is 6.07. The van der Waals surface area contributed by atoms with Crippen LogP contribution >= 0.6 is 0 Å². The average Bonchev–Trinajstić information content (AvgIpc) is 2.62. The van der Waals surface area contributed by atoms with Crippen molar-refractivity contribution >= 4 is 21.8 Å². The predicted molar refractivity (Wildman–Crippen MR) is 102 cm³/mol. The summed E-state index contributed by atoms with van der Waals surface area (Å²) >= 11 is 0. The van der Waals surface area contributed by atoms with Crippen LogP contribution in [0.25, 0.3) is 0 Å². The van der Waals surface area contributed by atoms with Gasteiger partial charge in [0.1, 0.15) is 11.6 Å². The van der Waals surface area contributed by atoms with E-state index in [2.05, 4.69) is 5.32 Å². The van der Waals surface area contributed by atoms with Crippen LogP contribution in [-0.2, 0) is 21.5 Å². The summed E-state index contributed by atoms with van der Waals surface area (Å²) in [6.07, 6.45) is 0.543. The standard InChI is InChI=1S/C19H21F2N3O3S/c1-14-6-7-17(11-18(14)21)22-19(25)13-24-9-3-8-23(28(24,26)27)12-15-4-2-5-16(20)10-15/h2,4-7,10-11H,3,8-9,12-13H2,1H3,(H,22,25). The van der Waals surface area contributed by atoms with Crippen LogP contribution in [0, 0.1) is 18.6 Å². The van der Waals surface area contributed by atoms with Crippen LogP contribution in [0.3, 0.4) is 0 Å². The van der Waals surface area contributed by atoms with Gasteiger partial charge in [-0.05, 0) is 48.7 Å². The molecule has 0 radical (unpaired) electrons. The average molecular weight is 409 g/mol. The molecule has 0 aromatic heterocycles. The minimum absolute atomic E-state index is 0.0292. The second-order valence-electron chi connectivity index (χ2n) is 6.67. The van der Waals surface area contributed by atoms with Crippen molar-refractivity contribution in [3.63, 3.8) is 0 Å². The molecular weight excluding hydrogens is 388 g/mol. The van der Waals surface area contributed by atoms with Crippen molar-refractivity contribution in [2.75, 3.05) is 25.0 Å². The number of anilines is 1. The molecule has 3 rings (SSSR count). The number of rotatable bonds is 5. The fraction of sp³-hybridized carbons (Fsp3) is 0.316. The van der Waals surface area contributed by atoms with E-state index >= 15 is 0 Å². The first-order chi connectivity index (χ1) is 13.3. The summed E-state index contributed by atoms with van der Waals surface area (Å²) in [5.74, 6) is -1.45. The normalized spacial score (nSPS) is 17.4. The van der Waals surface area contributed by atoms with E-state index in [-0.39, 0.29) is 25.3 Å². The maximum atomic E-state index is 13.6. The topological polar surface area (TPSA) is 69.7 Å². The van der Waals surface area contributed by atoms with E-state index in [4.69, 9.17) is 0 Å². The quantitative estimate of drug-likeness (QED) is 0.826. The predicted octanol–water partition coefficient (Wildman–Crippen LogP) is 2.66. The maximum Gasteiger partial charge on any atom is 0.282 e. The number of nitrogens with zero attached hydrogens (tertiary/aromatic N) is 2. The Bertz CT molecular complexity index is 982. The number of carbonyl (C=O) groups excluding carboxylic acids is 1. The molecule has 0 bridgehead atoms. The van der Waals surface area contributed by atoms with Gasteiger partial charge in [-0.25, -0.2) is 8.78 Å². The van der Waals surface area contributed by atoms with Gasteiger partial charge in [0.05, 0.1) is 6.54 Å². The first-order valence-corrected chi connectivity index (χ1v) is 10.2. The van der Waals surface area contributed by atoms with Crippen LogP contribution < -0.4 is 5.32 Å². The van der Waals surface area contributed by atoms with E-state index in [1.807, 2.05) is 0 Å². The van der Waals surface area contributed by atoms with Gasteiger partial charge in [-0.2, -0.15) is 17.0 Å². The second-order valence-corrected chi connectivity index (χ2v) is 8.60. The van der Waals surface area contributed by atoms with Gasteiger partial charge in [-0.1, -0.05) is 18.2 Å². The molecule has 0 spiro atoms. The van der Waals surface area contributed by atoms with E-state index < -0.39 is 27.8 Å². The number of aryl methyl sites for hydroxylation is 1. The highest BCUT2D eigenvalue weighted by Crippen LogP contribution is 2.20. The van der Waals surface area contributed by atoms with Crippen LogP contribution in [0.5, 0.6) is 0 Å². The maximum absolute atomic E-state index is 13.6. The minimum atomic E-state index is -3.87. The van der Waals surface area contributed by atoms with Gasteiger partial charge in [-0.3, -0.25) is 4.79 Å². The third-order valence-corrected chi connectivity index (χ3v) is 6.42.